The first-order valence-corrected chi connectivity index (χ1v) is 3.49. The van der Waals surface area contributed by atoms with E-state index >= 15 is 0 Å². The molecule has 0 bridgehead atoms. The number of rotatable bonds is 2. The van der Waals surface area contributed by atoms with Gasteiger partial charge in [-0.2, -0.15) is 0 Å². The van der Waals surface area contributed by atoms with Crippen molar-refractivity contribution in [3.05, 3.63) is 0 Å². The maximum Gasteiger partial charge on any atom is 2.00 e. The van der Waals surface area contributed by atoms with Gasteiger partial charge < -0.3 is 32.1 Å². The Labute approximate surface area is 100 Å². The summed E-state index contributed by atoms with van der Waals surface area (Å²) in [6, 6.07) is 0. The second kappa shape index (κ2) is 6.35. The van der Waals surface area contributed by atoms with E-state index in [2.05, 4.69) is 0 Å². The number of carboxylic acid groups (broad SMARTS) is 2. The van der Waals surface area contributed by atoms with Crippen LogP contribution in [0.25, 0.3) is 0 Å². The monoisotopic (exact) mass is 405 g/mol. The molecule has 8 heteroatoms. The van der Waals surface area contributed by atoms with Crippen molar-refractivity contribution in [3.8, 4) is 0 Å². The molecule has 14 heavy (non-hydrogen) atoms. The number of hydrogen-bond acceptors (Lipinski definition) is 6. The van der Waals surface area contributed by atoms with Gasteiger partial charge in [-0.1, -0.05) is 0 Å². The van der Waals surface area contributed by atoms with Gasteiger partial charge in [0.1, 0.15) is 0 Å². The number of halogens is 1. The summed E-state index contributed by atoms with van der Waals surface area (Å²) >= 11 is 5.44. The third-order valence-electron chi connectivity index (χ3n) is 1.92. The number of carbonyl (C=O) groups is 2. The summed E-state index contributed by atoms with van der Waals surface area (Å²) in [6.45, 7) is 0. The summed E-state index contributed by atoms with van der Waals surface area (Å²) in [5.74, 6) is -3.20. The van der Waals surface area contributed by atoms with E-state index in [4.69, 9.17) is 11.6 Å². The summed E-state index contributed by atoms with van der Waals surface area (Å²) < 4.78 is 0. The molecule has 0 radical (unpaired) electrons. The Bertz CT molecular complexity index is 204. The molecule has 0 aromatic rings. The van der Waals surface area contributed by atoms with Gasteiger partial charge in [-0.3, -0.25) is 0 Å². The summed E-state index contributed by atoms with van der Waals surface area (Å²) in [5, 5.41) is 20.2. The van der Waals surface area contributed by atoms with Crippen molar-refractivity contribution in [1.82, 2.24) is 12.3 Å². The normalized spacial score (nSPS) is 17.5. The smallest absolute Gasteiger partial charge is 0.549 e. The molecule has 1 aliphatic carbocycles. The van der Waals surface area contributed by atoms with Crippen LogP contribution in [0, 0.1) is 5.41 Å². The van der Waals surface area contributed by atoms with Crippen LogP contribution in [0.4, 0.5) is 0 Å². The van der Waals surface area contributed by atoms with Crippen molar-refractivity contribution in [1.29, 1.82) is 0 Å². The molecule has 0 aromatic heterocycles. The van der Waals surface area contributed by atoms with Gasteiger partial charge in [-0.05, 0) is 12.8 Å². The molecule has 0 spiro atoms. The van der Waals surface area contributed by atoms with Crippen molar-refractivity contribution >= 4 is 23.5 Å². The molecule has 6 N–H and O–H groups in total. The van der Waals surface area contributed by atoms with E-state index < -0.39 is 17.4 Å². The third kappa shape index (κ3) is 2.92. The summed E-state index contributed by atoms with van der Waals surface area (Å²) in [4.78, 5) is 20.6. The number of hydrogen-bond donors (Lipinski definition) is 2. The van der Waals surface area contributed by atoms with Crippen LogP contribution in [0.15, 0.2) is 0 Å². The molecular weight excluding hydrogens is 395 g/mol. The summed E-state index contributed by atoms with van der Waals surface area (Å²) in [6.07, 6.45) is -0.196. The fourth-order valence-electron chi connectivity index (χ4n) is 1.11. The molecule has 1 fully saturated rings. The zero-order chi connectivity index (χ0) is 8.65. The molecule has 0 unspecified atom stereocenters. The minimum absolute atomic E-state index is 0. The molecule has 0 heterocycles. The van der Waals surface area contributed by atoms with Crippen LogP contribution in [-0.2, 0) is 30.7 Å². The van der Waals surface area contributed by atoms with Crippen molar-refractivity contribution in [2.24, 2.45) is 5.41 Å². The number of carbonyl (C=O) groups excluding carboxylic acids is 2. The topological polar surface area (TPSA) is 150 Å². The van der Waals surface area contributed by atoms with Crippen LogP contribution in [0.3, 0.4) is 0 Å². The Morgan fingerprint density at radius 2 is 1.43 bits per heavy atom. The Hall–Kier alpha value is -0.162. The van der Waals surface area contributed by atoms with Gasteiger partial charge >= 0.3 is 21.1 Å². The van der Waals surface area contributed by atoms with Crippen molar-refractivity contribution < 1.29 is 40.9 Å². The van der Waals surface area contributed by atoms with E-state index in [1.165, 1.54) is 0 Å². The van der Waals surface area contributed by atoms with E-state index in [1.807, 2.05) is 0 Å². The fourth-order valence-corrected chi connectivity index (χ4v) is 1.64. The average Bonchev–Trinajstić information content (AvgIpc) is 1.78. The van der Waals surface area contributed by atoms with Crippen LogP contribution in [0.5, 0.6) is 0 Å². The van der Waals surface area contributed by atoms with E-state index in [0.717, 1.165) is 0 Å². The van der Waals surface area contributed by atoms with Crippen LogP contribution in [-0.4, -0.2) is 17.3 Å². The Morgan fingerprint density at radius 3 is 1.50 bits per heavy atom. The van der Waals surface area contributed by atoms with Crippen LogP contribution in [0.1, 0.15) is 12.8 Å². The standard InChI is InChI=1S/C6H7ClO4.2H3N.Pt/c7-3-1-6(2-3,4(8)9)5(10)11;;;/h3H,1-2H2,(H,8,9)(H,10,11);2*1H3;/q;;;+2/p-2. The van der Waals surface area contributed by atoms with Crippen molar-refractivity contribution in [2.75, 3.05) is 0 Å². The van der Waals surface area contributed by atoms with Gasteiger partial charge in [0, 0.05) is 5.38 Å². The maximum atomic E-state index is 10.3. The molecule has 1 aliphatic rings. The third-order valence-corrected chi connectivity index (χ3v) is 2.23. The summed E-state index contributed by atoms with van der Waals surface area (Å²) in [5.41, 5.74) is -1.83. The quantitative estimate of drug-likeness (QED) is 0.408. The largest absolute Gasteiger partial charge is 2.00 e. The first kappa shape index (κ1) is 19.4. The van der Waals surface area contributed by atoms with Crippen molar-refractivity contribution in [3.63, 3.8) is 0 Å². The summed E-state index contributed by atoms with van der Waals surface area (Å²) in [7, 11) is 0. The Morgan fingerprint density at radius 1 is 1.14 bits per heavy atom. The molecule has 0 aliphatic heterocycles. The first-order chi connectivity index (χ1) is 4.99. The second-order valence-corrected chi connectivity index (χ2v) is 3.28. The molecule has 0 saturated heterocycles. The van der Waals surface area contributed by atoms with Gasteiger partial charge in [0.15, 0.2) is 0 Å². The Kier molecular flexibility index (Phi) is 8.80. The molecule has 86 valence electrons. The minimum Gasteiger partial charge on any atom is -0.549 e. The fraction of sp³-hybridized carbons (Fsp3) is 0.667. The van der Waals surface area contributed by atoms with Crippen molar-refractivity contribution in [2.45, 2.75) is 18.2 Å². The zero-order valence-corrected chi connectivity index (χ0v) is 10.3. The predicted octanol–water partition coefficient (Wildman–Crippen LogP) is -1.80. The Balaban J connectivity index is -0.000000403. The number of carboxylic acids is 2. The minimum atomic E-state index is -1.83. The van der Waals surface area contributed by atoms with E-state index in [-0.39, 0.29) is 51.6 Å². The molecule has 6 nitrogen and oxygen atoms in total. The first-order valence-electron chi connectivity index (χ1n) is 3.06. The van der Waals surface area contributed by atoms with Gasteiger partial charge in [0.25, 0.3) is 0 Å². The predicted molar refractivity (Wildman–Crippen MR) is 41.4 cm³/mol. The molecule has 0 atom stereocenters. The molecule has 0 aromatic carbocycles. The van der Waals surface area contributed by atoms with Crippen LogP contribution < -0.4 is 22.5 Å². The molecule has 0 amide bonds. The number of alkyl halides is 1. The molecular formula is C6H11ClN2O4Pt. The van der Waals surface area contributed by atoms with Gasteiger partial charge in [-0.15, -0.1) is 11.6 Å². The molecule has 1 rings (SSSR count). The van der Waals surface area contributed by atoms with Crippen LogP contribution in [0.2, 0.25) is 0 Å². The van der Waals surface area contributed by atoms with E-state index in [0.29, 0.717) is 0 Å². The molecule has 1 saturated carbocycles. The second-order valence-electron chi connectivity index (χ2n) is 2.66. The zero-order valence-electron chi connectivity index (χ0n) is 7.23. The maximum absolute atomic E-state index is 10.3. The van der Waals surface area contributed by atoms with Gasteiger partial charge in [-0.25, -0.2) is 0 Å². The average molecular weight is 406 g/mol. The SMILES string of the molecule is N.N.O=C([O-])C1(C(=O)[O-])CC(Cl)C1.[Pt+2]. The number of aliphatic carboxylic acids is 2. The van der Waals surface area contributed by atoms with E-state index in [9.17, 15) is 19.8 Å². The van der Waals surface area contributed by atoms with E-state index in [1.54, 1.807) is 0 Å². The van der Waals surface area contributed by atoms with Gasteiger partial charge in [0.2, 0.25) is 0 Å². The van der Waals surface area contributed by atoms with Crippen LogP contribution >= 0.6 is 11.6 Å². The van der Waals surface area contributed by atoms with Gasteiger partial charge in [0.05, 0.1) is 17.4 Å².